The molecule has 2 fully saturated rings. The van der Waals surface area contributed by atoms with Gasteiger partial charge in [-0.3, -0.25) is 4.79 Å². The van der Waals surface area contributed by atoms with Gasteiger partial charge in [-0.05, 0) is 32.1 Å². The van der Waals surface area contributed by atoms with E-state index in [2.05, 4.69) is 0 Å². The van der Waals surface area contributed by atoms with Gasteiger partial charge in [0.1, 0.15) is 5.78 Å². The largest absolute Gasteiger partial charge is 0.378 e. The van der Waals surface area contributed by atoms with E-state index in [0.29, 0.717) is 17.8 Å². The summed E-state index contributed by atoms with van der Waals surface area (Å²) in [5, 5.41) is 0. The molecule has 2 heteroatoms. The lowest BCUT2D eigenvalue weighted by molar-refractivity contribution is -0.124. The molecule has 0 aromatic carbocycles. The molecule has 0 N–H and O–H groups in total. The molecule has 2 rings (SSSR count). The van der Waals surface area contributed by atoms with Crippen molar-refractivity contribution in [2.75, 3.05) is 6.61 Å². The number of hydrogen-bond donors (Lipinski definition) is 0. The number of Topliss-reactive ketones (excluding diaryl/α,β-unsaturated/α-hetero) is 1. The average molecular weight is 238 g/mol. The summed E-state index contributed by atoms with van der Waals surface area (Å²) >= 11 is 0. The molecule has 1 atom stereocenters. The Hall–Kier alpha value is -0.370. The van der Waals surface area contributed by atoms with Gasteiger partial charge in [0, 0.05) is 18.9 Å². The minimum atomic E-state index is 0.372. The number of ketones is 1. The lowest BCUT2D eigenvalue weighted by Gasteiger charge is -2.19. The highest BCUT2D eigenvalue weighted by atomic mass is 16.5. The van der Waals surface area contributed by atoms with Crippen LogP contribution in [0.5, 0.6) is 0 Å². The van der Waals surface area contributed by atoms with E-state index in [1.54, 1.807) is 0 Å². The molecule has 0 amide bonds. The lowest BCUT2D eigenvalue weighted by atomic mass is 9.86. The van der Waals surface area contributed by atoms with Crippen LogP contribution in [0.15, 0.2) is 0 Å². The van der Waals surface area contributed by atoms with E-state index in [1.807, 2.05) is 0 Å². The first-order valence-corrected chi connectivity index (χ1v) is 7.50. The Labute approximate surface area is 105 Å². The van der Waals surface area contributed by atoms with Crippen LogP contribution in [-0.4, -0.2) is 18.5 Å². The average Bonchev–Trinajstić information content (AvgIpc) is 2.78. The second kappa shape index (κ2) is 7.15. The predicted octanol–water partition coefficient (Wildman–Crippen LogP) is 3.88. The quantitative estimate of drug-likeness (QED) is 0.743. The van der Waals surface area contributed by atoms with Crippen LogP contribution in [0, 0.1) is 5.92 Å². The highest BCUT2D eigenvalue weighted by molar-refractivity contribution is 5.80. The Bertz CT molecular complexity index is 223. The van der Waals surface area contributed by atoms with Crippen LogP contribution in [-0.2, 0) is 9.53 Å². The van der Waals surface area contributed by atoms with Gasteiger partial charge in [0.25, 0.3) is 0 Å². The third kappa shape index (κ3) is 4.42. The summed E-state index contributed by atoms with van der Waals surface area (Å²) in [7, 11) is 0. The second-order valence-corrected chi connectivity index (χ2v) is 5.68. The van der Waals surface area contributed by atoms with E-state index in [1.165, 1.54) is 38.5 Å². The van der Waals surface area contributed by atoms with E-state index in [0.717, 1.165) is 38.7 Å². The van der Waals surface area contributed by atoms with Gasteiger partial charge in [0.2, 0.25) is 0 Å². The predicted molar refractivity (Wildman–Crippen MR) is 69.0 cm³/mol. The van der Waals surface area contributed by atoms with Crippen LogP contribution in [0.4, 0.5) is 0 Å². The van der Waals surface area contributed by atoms with Crippen LogP contribution in [0.3, 0.4) is 0 Å². The number of ether oxygens (including phenoxy) is 1. The van der Waals surface area contributed by atoms with Gasteiger partial charge < -0.3 is 4.74 Å². The van der Waals surface area contributed by atoms with Gasteiger partial charge >= 0.3 is 0 Å². The molecule has 2 aliphatic rings. The lowest BCUT2D eigenvalue weighted by Crippen LogP contribution is -2.18. The van der Waals surface area contributed by atoms with Gasteiger partial charge in [-0.25, -0.2) is 0 Å². The fourth-order valence-corrected chi connectivity index (χ4v) is 3.16. The summed E-state index contributed by atoms with van der Waals surface area (Å²) in [5.41, 5.74) is 0. The van der Waals surface area contributed by atoms with Crippen molar-refractivity contribution in [3.05, 3.63) is 0 Å². The third-order valence-electron chi connectivity index (χ3n) is 4.30. The molecule has 17 heavy (non-hydrogen) atoms. The zero-order valence-electron chi connectivity index (χ0n) is 11.0. The molecule has 1 saturated heterocycles. The van der Waals surface area contributed by atoms with Crippen LogP contribution in [0.1, 0.15) is 70.6 Å². The fourth-order valence-electron chi connectivity index (χ4n) is 3.16. The van der Waals surface area contributed by atoms with E-state index >= 15 is 0 Å². The van der Waals surface area contributed by atoms with Crippen molar-refractivity contribution in [1.82, 2.24) is 0 Å². The topological polar surface area (TPSA) is 26.3 Å². The highest BCUT2D eigenvalue weighted by Gasteiger charge is 2.22. The maximum atomic E-state index is 12.2. The van der Waals surface area contributed by atoms with Crippen LogP contribution >= 0.6 is 0 Å². The summed E-state index contributed by atoms with van der Waals surface area (Å²) in [5.74, 6) is 0.888. The van der Waals surface area contributed by atoms with Crippen molar-refractivity contribution < 1.29 is 9.53 Å². The zero-order valence-corrected chi connectivity index (χ0v) is 11.0. The zero-order chi connectivity index (χ0) is 11.9. The molecule has 98 valence electrons. The maximum absolute atomic E-state index is 12.2. The van der Waals surface area contributed by atoms with Gasteiger partial charge in [-0.15, -0.1) is 0 Å². The Balaban J connectivity index is 1.69. The summed E-state index contributed by atoms with van der Waals surface area (Å²) in [4.78, 5) is 12.2. The van der Waals surface area contributed by atoms with Crippen molar-refractivity contribution in [3.63, 3.8) is 0 Å². The minimum absolute atomic E-state index is 0.372. The van der Waals surface area contributed by atoms with Gasteiger partial charge in [0.15, 0.2) is 0 Å². The maximum Gasteiger partial charge on any atom is 0.136 e. The van der Waals surface area contributed by atoms with Crippen molar-refractivity contribution >= 4 is 5.78 Å². The summed E-state index contributed by atoms with van der Waals surface area (Å²) in [6.07, 6.45) is 13.3. The molecule has 2 nitrogen and oxygen atoms in total. The molecule has 1 heterocycles. The van der Waals surface area contributed by atoms with Gasteiger partial charge in [0.05, 0.1) is 6.10 Å². The second-order valence-electron chi connectivity index (χ2n) is 5.68. The SMILES string of the molecule is O=C(CCC1CCCO1)C1CCCCCCC1. The van der Waals surface area contributed by atoms with Crippen molar-refractivity contribution in [3.8, 4) is 0 Å². The van der Waals surface area contributed by atoms with Crippen LogP contribution in [0.2, 0.25) is 0 Å². The monoisotopic (exact) mass is 238 g/mol. The molecular formula is C15H26O2. The normalized spacial score (nSPS) is 27.6. The van der Waals surface area contributed by atoms with Crippen molar-refractivity contribution in [2.24, 2.45) is 5.92 Å². The highest BCUT2D eigenvalue weighted by Crippen LogP contribution is 2.25. The molecule has 0 aromatic rings. The molecule has 0 aromatic heterocycles. The molecule has 1 saturated carbocycles. The fraction of sp³-hybridized carbons (Fsp3) is 0.933. The molecule has 0 bridgehead atoms. The first-order chi connectivity index (χ1) is 8.36. The van der Waals surface area contributed by atoms with E-state index in [4.69, 9.17) is 4.74 Å². The van der Waals surface area contributed by atoms with Crippen LogP contribution < -0.4 is 0 Å². The summed E-state index contributed by atoms with van der Waals surface area (Å²) in [6, 6.07) is 0. The molecule has 1 aliphatic heterocycles. The number of carbonyl (C=O) groups is 1. The smallest absolute Gasteiger partial charge is 0.136 e. The molecule has 1 unspecified atom stereocenters. The molecule has 1 aliphatic carbocycles. The van der Waals surface area contributed by atoms with Gasteiger partial charge in [-0.2, -0.15) is 0 Å². The Kier molecular flexibility index (Phi) is 5.50. The first-order valence-electron chi connectivity index (χ1n) is 7.50. The Morgan fingerprint density at radius 2 is 1.65 bits per heavy atom. The molecule has 0 radical (unpaired) electrons. The van der Waals surface area contributed by atoms with Crippen LogP contribution in [0.25, 0.3) is 0 Å². The van der Waals surface area contributed by atoms with Crippen molar-refractivity contribution in [1.29, 1.82) is 0 Å². The minimum Gasteiger partial charge on any atom is -0.378 e. The number of carbonyl (C=O) groups excluding carboxylic acids is 1. The first kappa shape index (κ1) is 13.1. The third-order valence-corrected chi connectivity index (χ3v) is 4.30. The van der Waals surface area contributed by atoms with Crippen molar-refractivity contribution in [2.45, 2.75) is 76.7 Å². The summed E-state index contributed by atoms with van der Waals surface area (Å²) in [6.45, 7) is 0.905. The van der Waals surface area contributed by atoms with E-state index in [-0.39, 0.29) is 0 Å². The van der Waals surface area contributed by atoms with E-state index in [9.17, 15) is 4.79 Å². The number of rotatable bonds is 4. The molecule has 0 spiro atoms. The Morgan fingerprint density at radius 3 is 2.29 bits per heavy atom. The van der Waals surface area contributed by atoms with E-state index < -0.39 is 0 Å². The molecular weight excluding hydrogens is 212 g/mol. The standard InChI is InChI=1S/C15H26O2/c16-15(11-10-14-9-6-12-17-14)13-7-4-2-1-3-5-8-13/h13-14H,1-12H2. The van der Waals surface area contributed by atoms with Gasteiger partial charge in [-0.1, -0.05) is 32.1 Å². The number of hydrogen-bond acceptors (Lipinski definition) is 2. The Morgan fingerprint density at radius 1 is 0.941 bits per heavy atom. The summed E-state index contributed by atoms with van der Waals surface area (Å²) < 4.78 is 5.58.